The van der Waals surface area contributed by atoms with Crippen LogP contribution in [0.1, 0.15) is 17.7 Å². The number of rotatable bonds is 5. The van der Waals surface area contributed by atoms with Crippen molar-refractivity contribution in [1.29, 1.82) is 0 Å². The van der Waals surface area contributed by atoms with Crippen LogP contribution in [0.25, 0.3) is 5.69 Å². The molecule has 0 N–H and O–H groups in total. The third-order valence-electron chi connectivity index (χ3n) is 4.97. The average molecular weight is 353 g/mol. The molecule has 4 rings (SSSR count). The number of piperidine rings is 1. The smallest absolute Gasteiger partial charge is 0.138 e. The fraction of sp³-hybridized carbons (Fsp3) is 0.368. The molecule has 1 fully saturated rings. The number of anilines is 1. The van der Waals surface area contributed by atoms with Crippen molar-refractivity contribution in [3.8, 4) is 5.69 Å². The second kappa shape index (κ2) is 7.37. The van der Waals surface area contributed by atoms with E-state index in [9.17, 15) is 0 Å². The zero-order chi connectivity index (χ0) is 17.1. The molecule has 1 aliphatic heterocycles. The summed E-state index contributed by atoms with van der Waals surface area (Å²) < 4.78 is 1.79. The van der Waals surface area contributed by atoms with E-state index in [2.05, 4.69) is 68.7 Å². The summed E-state index contributed by atoms with van der Waals surface area (Å²) in [6.45, 7) is 3.29. The lowest BCUT2D eigenvalue weighted by molar-refractivity contribution is 0.202. The number of aromatic nitrogens is 3. The van der Waals surface area contributed by atoms with Crippen molar-refractivity contribution in [1.82, 2.24) is 19.7 Å². The largest absolute Gasteiger partial charge is 0.371 e. The lowest BCUT2D eigenvalue weighted by atomic mass is 10.0. The standard InChI is InChI=1S/C19H23N5S/c1-22(13-19-3-2-12-25-19)16-8-10-23(11-9-16)17-4-6-18(7-5-17)24-15-20-14-21-24/h2-7,12,14-16H,8-11,13H2,1H3. The fourth-order valence-corrected chi connectivity index (χ4v) is 4.27. The Kier molecular flexibility index (Phi) is 4.81. The van der Waals surface area contributed by atoms with Gasteiger partial charge in [-0.25, -0.2) is 9.67 Å². The zero-order valence-electron chi connectivity index (χ0n) is 14.5. The predicted octanol–water partition coefficient (Wildman–Crippen LogP) is 3.43. The summed E-state index contributed by atoms with van der Waals surface area (Å²) in [6, 6.07) is 13.6. The molecule has 0 spiro atoms. The van der Waals surface area contributed by atoms with E-state index < -0.39 is 0 Å². The molecule has 130 valence electrons. The Labute approximate surface area is 152 Å². The Hall–Kier alpha value is -2.18. The van der Waals surface area contributed by atoms with Gasteiger partial charge in [0.1, 0.15) is 12.7 Å². The highest BCUT2D eigenvalue weighted by Gasteiger charge is 2.22. The van der Waals surface area contributed by atoms with Crippen molar-refractivity contribution in [2.24, 2.45) is 0 Å². The van der Waals surface area contributed by atoms with Gasteiger partial charge in [-0.05, 0) is 55.6 Å². The van der Waals surface area contributed by atoms with Crippen molar-refractivity contribution in [2.75, 3.05) is 25.0 Å². The van der Waals surface area contributed by atoms with E-state index in [1.54, 1.807) is 17.3 Å². The molecule has 1 aromatic carbocycles. The van der Waals surface area contributed by atoms with Gasteiger partial charge in [0, 0.05) is 36.2 Å². The van der Waals surface area contributed by atoms with Crippen LogP contribution in [0.15, 0.2) is 54.4 Å². The molecular formula is C19H23N5S. The second-order valence-corrected chi connectivity index (χ2v) is 7.60. The zero-order valence-corrected chi connectivity index (χ0v) is 15.3. The van der Waals surface area contributed by atoms with Crippen molar-refractivity contribution >= 4 is 17.0 Å². The van der Waals surface area contributed by atoms with Crippen molar-refractivity contribution in [2.45, 2.75) is 25.4 Å². The van der Waals surface area contributed by atoms with Crippen molar-refractivity contribution in [3.63, 3.8) is 0 Å². The van der Waals surface area contributed by atoms with Crippen molar-refractivity contribution in [3.05, 3.63) is 59.3 Å². The highest BCUT2D eigenvalue weighted by atomic mass is 32.1. The van der Waals surface area contributed by atoms with Gasteiger partial charge in [-0.1, -0.05) is 6.07 Å². The van der Waals surface area contributed by atoms with E-state index in [0.29, 0.717) is 6.04 Å². The molecule has 1 aliphatic rings. The first-order valence-electron chi connectivity index (χ1n) is 8.72. The maximum absolute atomic E-state index is 4.18. The van der Waals surface area contributed by atoms with Crippen LogP contribution < -0.4 is 4.90 Å². The minimum absolute atomic E-state index is 0.674. The summed E-state index contributed by atoms with van der Waals surface area (Å²) in [6.07, 6.45) is 5.72. The summed E-state index contributed by atoms with van der Waals surface area (Å²) in [5.74, 6) is 0. The minimum Gasteiger partial charge on any atom is -0.371 e. The van der Waals surface area contributed by atoms with Crippen LogP contribution in [0.3, 0.4) is 0 Å². The molecule has 5 nitrogen and oxygen atoms in total. The van der Waals surface area contributed by atoms with E-state index in [-0.39, 0.29) is 0 Å². The number of thiophene rings is 1. The van der Waals surface area contributed by atoms with Crippen LogP contribution in [0, 0.1) is 0 Å². The Morgan fingerprint density at radius 3 is 2.52 bits per heavy atom. The first-order valence-corrected chi connectivity index (χ1v) is 9.60. The van der Waals surface area contributed by atoms with Gasteiger partial charge in [-0.2, -0.15) is 5.10 Å². The SMILES string of the molecule is CN(Cc1cccs1)C1CCN(c2ccc(-n3cncn3)cc2)CC1. The highest BCUT2D eigenvalue weighted by molar-refractivity contribution is 7.09. The first kappa shape index (κ1) is 16.3. The van der Waals surface area contributed by atoms with Crippen LogP contribution in [0.4, 0.5) is 5.69 Å². The number of benzene rings is 1. The van der Waals surface area contributed by atoms with Crippen LogP contribution in [0.5, 0.6) is 0 Å². The van der Waals surface area contributed by atoms with E-state index in [4.69, 9.17) is 0 Å². The maximum atomic E-state index is 4.18. The highest BCUT2D eigenvalue weighted by Crippen LogP contribution is 2.24. The van der Waals surface area contributed by atoms with E-state index >= 15 is 0 Å². The van der Waals surface area contributed by atoms with Gasteiger partial charge in [-0.3, -0.25) is 4.90 Å². The predicted molar refractivity (Wildman–Crippen MR) is 102 cm³/mol. The molecule has 6 heteroatoms. The molecule has 0 amide bonds. The molecule has 0 aliphatic carbocycles. The second-order valence-electron chi connectivity index (χ2n) is 6.57. The summed E-state index contributed by atoms with van der Waals surface area (Å²) in [4.78, 5) is 10.4. The molecule has 0 bridgehead atoms. The van der Waals surface area contributed by atoms with Gasteiger partial charge in [-0.15, -0.1) is 11.3 Å². The summed E-state index contributed by atoms with van der Waals surface area (Å²) >= 11 is 1.85. The van der Waals surface area contributed by atoms with Gasteiger partial charge in [0.15, 0.2) is 0 Å². The summed E-state index contributed by atoms with van der Waals surface area (Å²) in [5, 5.41) is 6.34. The molecule has 2 aromatic heterocycles. The fourth-order valence-electron chi connectivity index (χ4n) is 3.50. The van der Waals surface area contributed by atoms with Gasteiger partial charge in [0.2, 0.25) is 0 Å². The summed E-state index contributed by atoms with van der Waals surface area (Å²) in [5.41, 5.74) is 2.34. The topological polar surface area (TPSA) is 37.2 Å². The van der Waals surface area contributed by atoms with Crippen LogP contribution in [0.2, 0.25) is 0 Å². The maximum Gasteiger partial charge on any atom is 0.138 e. The molecule has 0 saturated carbocycles. The normalized spacial score (nSPS) is 15.8. The molecule has 0 radical (unpaired) electrons. The Bertz CT molecular complexity index is 759. The minimum atomic E-state index is 0.674. The molecule has 0 unspecified atom stereocenters. The van der Waals surface area contributed by atoms with E-state index in [0.717, 1.165) is 25.3 Å². The Morgan fingerprint density at radius 1 is 1.12 bits per heavy atom. The van der Waals surface area contributed by atoms with Gasteiger partial charge in [0.05, 0.1) is 5.69 Å². The summed E-state index contributed by atoms with van der Waals surface area (Å²) in [7, 11) is 2.26. The average Bonchev–Trinajstić information content (AvgIpc) is 3.36. The Morgan fingerprint density at radius 2 is 1.88 bits per heavy atom. The van der Waals surface area contributed by atoms with Crippen LogP contribution in [-0.2, 0) is 6.54 Å². The number of hydrogen-bond donors (Lipinski definition) is 0. The van der Waals surface area contributed by atoms with E-state index in [1.807, 2.05) is 11.3 Å². The third-order valence-corrected chi connectivity index (χ3v) is 5.83. The third kappa shape index (κ3) is 3.75. The molecular weight excluding hydrogens is 330 g/mol. The van der Waals surface area contributed by atoms with Crippen LogP contribution in [-0.4, -0.2) is 45.8 Å². The monoisotopic (exact) mass is 353 g/mol. The van der Waals surface area contributed by atoms with Crippen molar-refractivity contribution < 1.29 is 0 Å². The first-order chi connectivity index (χ1) is 12.3. The molecule has 3 aromatic rings. The van der Waals surface area contributed by atoms with Crippen LogP contribution >= 0.6 is 11.3 Å². The molecule has 25 heavy (non-hydrogen) atoms. The van der Waals surface area contributed by atoms with Gasteiger partial charge >= 0.3 is 0 Å². The van der Waals surface area contributed by atoms with E-state index in [1.165, 1.54) is 23.4 Å². The lowest BCUT2D eigenvalue weighted by Gasteiger charge is -2.37. The molecule has 0 atom stereocenters. The quantitative estimate of drug-likeness (QED) is 0.704. The molecule has 3 heterocycles. The Balaban J connectivity index is 1.34. The van der Waals surface area contributed by atoms with Gasteiger partial charge in [0.25, 0.3) is 0 Å². The van der Waals surface area contributed by atoms with Gasteiger partial charge < -0.3 is 4.90 Å². The molecule has 1 saturated heterocycles. The lowest BCUT2D eigenvalue weighted by Crippen LogP contribution is -2.43. The number of hydrogen-bond acceptors (Lipinski definition) is 5. The number of nitrogens with zero attached hydrogens (tertiary/aromatic N) is 5.